The van der Waals surface area contributed by atoms with Gasteiger partial charge in [-0.15, -0.1) is 0 Å². The zero-order valence-corrected chi connectivity index (χ0v) is 12.8. The first-order valence-electron chi connectivity index (χ1n) is 7.50. The van der Waals surface area contributed by atoms with Crippen LogP contribution in [-0.2, 0) is 0 Å². The molecule has 5 heteroatoms. The Morgan fingerprint density at radius 1 is 1.17 bits per heavy atom. The molecule has 120 valence electrons. The van der Waals surface area contributed by atoms with E-state index in [0.29, 0.717) is 6.54 Å². The Labute approximate surface area is 133 Å². The lowest BCUT2D eigenvalue weighted by Crippen LogP contribution is -2.31. The number of ether oxygens (including phenoxy) is 1. The van der Waals surface area contributed by atoms with Crippen molar-refractivity contribution < 1.29 is 18.3 Å². The summed E-state index contributed by atoms with van der Waals surface area (Å²) in [5.41, 5.74) is 0.894. The lowest BCUT2D eigenvalue weighted by atomic mass is 10.0. The van der Waals surface area contributed by atoms with Gasteiger partial charge in [0.15, 0.2) is 0 Å². The molecule has 0 N–H and O–H groups in total. The first-order chi connectivity index (χ1) is 11.1. The summed E-state index contributed by atoms with van der Waals surface area (Å²) in [4.78, 5) is 14.3. The monoisotopic (exact) mass is 317 g/mol. The third-order valence-electron chi connectivity index (χ3n) is 4.18. The quantitative estimate of drug-likeness (QED) is 0.858. The number of rotatable bonds is 3. The molecule has 1 saturated heterocycles. The third-order valence-corrected chi connectivity index (χ3v) is 4.18. The average Bonchev–Trinajstić information content (AvgIpc) is 3.04. The molecule has 0 aliphatic carbocycles. The van der Waals surface area contributed by atoms with Crippen LogP contribution in [-0.4, -0.2) is 24.5 Å². The molecule has 2 aromatic carbocycles. The minimum absolute atomic E-state index is 0.0909. The Morgan fingerprint density at radius 2 is 1.91 bits per heavy atom. The molecule has 0 aromatic heterocycles. The maximum absolute atomic E-state index is 13.9. The van der Waals surface area contributed by atoms with Crippen LogP contribution in [0.15, 0.2) is 42.5 Å². The van der Waals surface area contributed by atoms with E-state index >= 15 is 0 Å². The van der Waals surface area contributed by atoms with Gasteiger partial charge in [0, 0.05) is 12.6 Å². The highest BCUT2D eigenvalue weighted by Gasteiger charge is 2.31. The lowest BCUT2D eigenvalue weighted by molar-refractivity contribution is 0.0731. The normalized spacial score (nSPS) is 17.3. The molecule has 1 fully saturated rings. The van der Waals surface area contributed by atoms with Crippen molar-refractivity contribution in [3.8, 4) is 5.75 Å². The van der Waals surface area contributed by atoms with Crippen LogP contribution in [0.5, 0.6) is 5.75 Å². The molecule has 3 nitrogen and oxygen atoms in total. The fourth-order valence-corrected chi connectivity index (χ4v) is 3.00. The molecule has 1 atom stereocenters. The van der Waals surface area contributed by atoms with E-state index in [0.717, 1.165) is 36.3 Å². The Morgan fingerprint density at radius 3 is 2.57 bits per heavy atom. The van der Waals surface area contributed by atoms with Crippen molar-refractivity contribution in [1.29, 1.82) is 0 Å². The van der Waals surface area contributed by atoms with Gasteiger partial charge in [0.2, 0.25) is 0 Å². The number of carbonyl (C=O) groups excluding carboxylic acids is 1. The molecule has 3 rings (SSSR count). The molecule has 1 aliphatic rings. The first kappa shape index (κ1) is 15.5. The Bertz CT molecular complexity index is 715. The molecule has 0 radical (unpaired) electrons. The molecule has 0 saturated carbocycles. The van der Waals surface area contributed by atoms with Gasteiger partial charge in [-0.25, -0.2) is 8.78 Å². The van der Waals surface area contributed by atoms with Crippen molar-refractivity contribution in [3.63, 3.8) is 0 Å². The second kappa shape index (κ2) is 6.36. The van der Waals surface area contributed by atoms with Gasteiger partial charge in [0.1, 0.15) is 17.4 Å². The number of nitrogens with zero attached hydrogens (tertiary/aromatic N) is 1. The number of amides is 1. The Hall–Kier alpha value is -2.43. The number of likely N-dealkylation sites (tertiary alicyclic amines) is 1. The van der Waals surface area contributed by atoms with Crippen LogP contribution in [0.1, 0.15) is 34.8 Å². The largest absolute Gasteiger partial charge is 0.497 e. The van der Waals surface area contributed by atoms with E-state index in [1.165, 1.54) is 6.07 Å². The molecule has 0 unspecified atom stereocenters. The fourth-order valence-electron chi connectivity index (χ4n) is 3.00. The highest BCUT2D eigenvalue weighted by Crippen LogP contribution is 2.34. The van der Waals surface area contributed by atoms with Gasteiger partial charge >= 0.3 is 0 Å². The van der Waals surface area contributed by atoms with Gasteiger partial charge in [0.05, 0.1) is 18.7 Å². The molecule has 0 bridgehead atoms. The summed E-state index contributed by atoms with van der Waals surface area (Å²) in [6.45, 7) is 0.562. The van der Waals surface area contributed by atoms with Crippen molar-refractivity contribution in [2.75, 3.05) is 13.7 Å². The SMILES string of the molecule is COc1ccc([C@@H]2CCCN2C(=O)c2ccc(F)cc2F)cc1. The fraction of sp³-hybridized carbons (Fsp3) is 0.278. The van der Waals surface area contributed by atoms with Crippen LogP contribution < -0.4 is 4.74 Å². The Kier molecular flexibility index (Phi) is 4.28. The zero-order chi connectivity index (χ0) is 16.4. The second-order valence-electron chi connectivity index (χ2n) is 5.55. The average molecular weight is 317 g/mol. The van der Waals surface area contributed by atoms with E-state index in [1.54, 1.807) is 12.0 Å². The molecular formula is C18H17F2NO2. The summed E-state index contributed by atoms with van der Waals surface area (Å²) in [5.74, 6) is -1.17. The van der Waals surface area contributed by atoms with Gasteiger partial charge in [-0.2, -0.15) is 0 Å². The molecule has 2 aromatic rings. The molecule has 1 aliphatic heterocycles. The predicted molar refractivity (Wildman–Crippen MR) is 82.4 cm³/mol. The van der Waals surface area contributed by atoms with Crippen molar-refractivity contribution in [2.45, 2.75) is 18.9 Å². The highest BCUT2D eigenvalue weighted by atomic mass is 19.1. The van der Waals surface area contributed by atoms with E-state index in [2.05, 4.69) is 0 Å². The smallest absolute Gasteiger partial charge is 0.257 e. The third kappa shape index (κ3) is 3.04. The minimum Gasteiger partial charge on any atom is -0.497 e. The lowest BCUT2D eigenvalue weighted by Gasteiger charge is -2.25. The van der Waals surface area contributed by atoms with E-state index in [1.807, 2.05) is 24.3 Å². The molecule has 23 heavy (non-hydrogen) atoms. The zero-order valence-electron chi connectivity index (χ0n) is 12.8. The molecule has 1 heterocycles. The van der Waals surface area contributed by atoms with Crippen LogP contribution in [0.25, 0.3) is 0 Å². The molecule has 0 spiro atoms. The van der Waals surface area contributed by atoms with Crippen LogP contribution in [0, 0.1) is 11.6 Å². The van der Waals surface area contributed by atoms with Crippen LogP contribution in [0.3, 0.4) is 0 Å². The summed E-state index contributed by atoms with van der Waals surface area (Å²) >= 11 is 0. The van der Waals surface area contributed by atoms with Crippen molar-refractivity contribution in [3.05, 3.63) is 65.2 Å². The van der Waals surface area contributed by atoms with Gasteiger partial charge in [-0.05, 0) is 42.7 Å². The standard InChI is InChI=1S/C18H17F2NO2/c1-23-14-7-4-12(5-8-14)17-3-2-10-21(17)18(22)15-9-6-13(19)11-16(15)20/h4-9,11,17H,2-3,10H2,1H3/t17-/m0/s1. The van der Waals surface area contributed by atoms with E-state index in [9.17, 15) is 13.6 Å². The number of hydrogen-bond donors (Lipinski definition) is 0. The van der Waals surface area contributed by atoms with Crippen LogP contribution in [0.4, 0.5) is 8.78 Å². The van der Waals surface area contributed by atoms with Gasteiger partial charge in [0.25, 0.3) is 5.91 Å². The number of carbonyl (C=O) groups is 1. The first-order valence-corrected chi connectivity index (χ1v) is 7.50. The van der Waals surface area contributed by atoms with Gasteiger partial charge in [-0.3, -0.25) is 4.79 Å². The number of benzene rings is 2. The summed E-state index contributed by atoms with van der Waals surface area (Å²) < 4.78 is 32.0. The molecular weight excluding hydrogens is 300 g/mol. The predicted octanol–water partition coefficient (Wildman–Crippen LogP) is 3.95. The van der Waals surface area contributed by atoms with Crippen molar-refractivity contribution >= 4 is 5.91 Å². The maximum Gasteiger partial charge on any atom is 0.257 e. The Balaban J connectivity index is 1.86. The summed E-state index contributed by atoms with van der Waals surface area (Å²) in [7, 11) is 1.59. The van der Waals surface area contributed by atoms with Crippen molar-refractivity contribution in [1.82, 2.24) is 4.90 Å². The van der Waals surface area contributed by atoms with Crippen LogP contribution in [0.2, 0.25) is 0 Å². The van der Waals surface area contributed by atoms with Gasteiger partial charge in [-0.1, -0.05) is 12.1 Å². The maximum atomic E-state index is 13.9. The summed E-state index contributed by atoms with van der Waals surface area (Å²) in [5, 5.41) is 0. The number of methoxy groups -OCH3 is 1. The van der Waals surface area contributed by atoms with E-state index in [-0.39, 0.29) is 11.6 Å². The topological polar surface area (TPSA) is 29.5 Å². The highest BCUT2D eigenvalue weighted by molar-refractivity contribution is 5.95. The van der Waals surface area contributed by atoms with Crippen LogP contribution >= 0.6 is 0 Å². The number of halogens is 2. The van der Waals surface area contributed by atoms with Gasteiger partial charge < -0.3 is 9.64 Å². The summed E-state index contributed by atoms with van der Waals surface area (Å²) in [6, 6.07) is 10.5. The van der Waals surface area contributed by atoms with E-state index in [4.69, 9.17) is 4.74 Å². The number of hydrogen-bond acceptors (Lipinski definition) is 2. The summed E-state index contributed by atoms with van der Waals surface area (Å²) in [6.07, 6.45) is 1.67. The van der Waals surface area contributed by atoms with Crippen molar-refractivity contribution in [2.24, 2.45) is 0 Å². The van der Waals surface area contributed by atoms with E-state index < -0.39 is 17.5 Å². The minimum atomic E-state index is -0.824. The second-order valence-corrected chi connectivity index (χ2v) is 5.55. The molecule has 1 amide bonds.